The van der Waals surface area contributed by atoms with Crippen LogP contribution >= 0.6 is 11.8 Å². The minimum Gasteiger partial charge on any atom is -0.444 e. The van der Waals surface area contributed by atoms with Gasteiger partial charge in [-0.3, -0.25) is 0 Å². The molecule has 1 aromatic heterocycles. The predicted octanol–water partition coefficient (Wildman–Crippen LogP) is 3.57. The van der Waals surface area contributed by atoms with Gasteiger partial charge in [0.25, 0.3) is 0 Å². The van der Waals surface area contributed by atoms with E-state index in [0.29, 0.717) is 5.25 Å². The average Bonchev–Trinajstić information content (AvgIpc) is 2.50. The second-order valence-corrected chi connectivity index (χ2v) is 4.92. The van der Waals surface area contributed by atoms with Crippen LogP contribution in [0.4, 0.5) is 0 Å². The summed E-state index contributed by atoms with van der Waals surface area (Å²) < 4.78 is 5.27. The number of oxazole rings is 1. The topological polar surface area (TPSA) is 26.0 Å². The molecule has 3 heteroatoms. The summed E-state index contributed by atoms with van der Waals surface area (Å²) in [4.78, 5) is 5.30. The summed E-state index contributed by atoms with van der Waals surface area (Å²) in [5.74, 6) is 0.735. The van der Waals surface area contributed by atoms with Crippen molar-refractivity contribution in [2.24, 2.45) is 0 Å². The standard InChI is InChI=1S/C10H15NOS/c1-7(2)9(13-8(3)4)10-11-5-6-12-10/h5-6,8H,1-4H3. The number of rotatable bonds is 3. The van der Waals surface area contributed by atoms with Crippen molar-refractivity contribution in [3.05, 3.63) is 23.9 Å². The number of allylic oxidation sites excluding steroid dienone is 1. The van der Waals surface area contributed by atoms with Crippen molar-refractivity contribution in [1.82, 2.24) is 4.98 Å². The first-order valence-corrected chi connectivity index (χ1v) is 5.23. The minimum absolute atomic E-state index is 0.553. The van der Waals surface area contributed by atoms with Gasteiger partial charge < -0.3 is 4.42 Å². The Balaban J connectivity index is 2.89. The smallest absolute Gasteiger partial charge is 0.232 e. The highest BCUT2D eigenvalue weighted by atomic mass is 32.2. The van der Waals surface area contributed by atoms with E-state index in [1.165, 1.54) is 5.57 Å². The first kappa shape index (κ1) is 10.4. The SMILES string of the molecule is CC(C)=C(SC(C)C)c1ncco1. The third kappa shape index (κ3) is 2.92. The Hall–Kier alpha value is -0.700. The van der Waals surface area contributed by atoms with E-state index in [1.54, 1.807) is 24.2 Å². The Labute approximate surface area is 83.4 Å². The number of hydrogen-bond acceptors (Lipinski definition) is 3. The van der Waals surface area contributed by atoms with Crippen LogP contribution in [0.25, 0.3) is 4.91 Å². The molecule has 0 aliphatic heterocycles. The zero-order valence-electron chi connectivity index (χ0n) is 8.50. The maximum Gasteiger partial charge on any atom is 0.232 e. The van der Waals surface area contributed by atoms with Crippen LogP contribution in [0.5, 0.6) is 0 Å². The molecule has 1 aromatic rings. The van der Waals surface area contributed by atoms with Gasteiger partial charge in [0, 0.05) is 5.25 Å². The van der Waals surface area contributed by atoms with E-state index >= 15 is 0 Å². The summed E-state index contributed by atoms with van der Waals surface area (Å²) in [6, 6.07) is 0. The number of nitrogens with zero attached hydrogens (tertiary/aromatic N) is 1. The lowest BCUT2D eigenvalue weighted by molar-refractivity contribution is 0.544. The van der Waals surface area contributed by atoms with Gasteiger partial charge in [0.05, 0.1) is 11.1 Å². The average molecular weight is 197 g/mol. The van der Waals surface area contributed by atoms with Crippen LogP contribution in [0.1, 0.15) is 33.6 Å². The Bertz CT molecular complexity index is 284. The van der Waals surface area contributed by atoms with Gasteiger partial charge in [-0.1, -0.05) is 19.4 Å². The molecule has 0 radical (unpaired) electrons. The van der Waals surface area contributed by atoms with E-state index < -0.39 is 0 Å². The summed E-state index contributed by atoms with van der Waals surface area (Å²) in [7, 11) is 0. The Kier molecular flexibility index (Phi) is 3.60. The second kappa shape index (κ2) is 4.51. The fourth-order valence-electron chi connectivity index (χ4n) is 0.953. The van der Waals surface area contributed by atoms with E-state index in [1.807, 2.05) is 0 Å². The molecular weight excluding hydrogens is 182 g/mol. The summed E-state index contributed by atoms with van der Waals surface area (Å²) in [6.07, 6.45) is 3.29. The van der Waals surface area contributed by atoms with Crippen molar-refractivity contribution in [3.63, 3.8) is 0 Å². The molecule has 0 spiro atoms. The highest BCUT2D eigenvalue weighted by molar-refractivity contribution is 8.08. The third-order valence-corrected chi connectivity index (χ3v) is 2.72. The molecule has 0 bridgehead atoms. The molecule has 13 heavy (non-hydrogen) atoms. The van der Waals surface area contributed by atoms with Crippen molar-refractivity contribution in [2.75, 3.05) is 0 Å². The van der Waals surface area contributed by atoms with Crippen LogP contribution in [0.15, 0.2) is 22.5 Å². The minimum atomic E-state index is 0.553. The van der Waals surface area contributed by atoms with Crippen LogP contribution < -0.4 is 0 Å². The maximum absolute atomic E-state index is 5.27. The molecule has 0 aromatic carbocycles. The van der Waals surface area contributed by atoms with E-state index in [9.17, 15) is 0 Å². The Morgan fingerprint density at radius 1 is 1.46 bits per heavy atom. The quantitative estimate of drug-likeness (QED) is 0.741. The molecule has 0 aliphatic rings. The van der Waals surface area contributed by atoms with Gasteiger partial charge in [-0.2, -0.15) is 0 Å². The van der Waals surface area contributed by atoms with Crippen molar-refractivity contribution in [1.29, 1.82) is 0 Å². The van der Waals surface area contributed by atoms with E-state index in [2.05, 4.69) is 32.7 Å². The van der Waals surface area contributed by atoms with Gasteiger partial charge >= 0.3 is 0 Å². The Morgan fingerprint density at radius 2 is 2.15 bits per heavy atom. The molecule has 0 saturated carbocycles. The second-order valence-electron chi connectivity index (χ2n) is 3.33. The molecule has 0 unspecified atom stereocenters. The lowest BCUT2D eigenvalue weighted by atomic mass is 10.3. The fraction of sp³-hybridized carbons (Fsp3) is 0.500. The first-order chi connectivity index (χ1) is 6.11. The summed E-state index contributed by atoms with van der Waals surface area (Å²) in [5.41, 5.74) is 1.25. The zero-order valence-corrected chi connectivity index (χ0v) is 9.31. The number of hydrogen-bond donors (Lipinski definition) is 0. The molecular formula is C10H15NOS. The highest BCUT2D eigenvalue weighted by Crippen LogP contribution is 2.32. The molecule has 0 saturated heterocycles. The molecule has 0 amide bonds. The van der Waals surface area contributed by atoms with Crippen LogP contribution in [0, 0.1) is 0 Å². The van der Waals surface area contributed by atoms with Gasteiger partial charge in [0.2, 0.25) is 5.89 Å². The Morgan fingerprint density at radius 3 is 2.54 bits per heavy atom. The van der Waals surface area contributed by atoms with Crippen molar-refractivity contribution >= 4 is 16.7 Å². The van der Waals surface area contributed by atoms with E-state index in [-0.39, 0.29) is 0 Å². The molecule has 0 aliphatic carbocycles. The van der Waals surface area contributed by atoms with Crippen LogP contribution in [-0.4, -0.2) is 10.2 Å². The molecule has 72 valence electrons. The first-order valence-electron chi connectivity index (χ1n) is 4.35. The summed E-state index contributed by atoms with van der Waals surface area (Å²) in [6.45, 7) is 8.48. The third-order valence-electron chi connectivity index (χ3n) is 1.43. The monoisotopic (exact) mass is 197 g/mol. The molecule has 2 nitrogen and oxygen atoms in total. The summed E-state index contributed by atoms with van der Waals surface area (Å²) >= 11 is 1.79. The van der Waals surface area contributed by atoms with Crippen molar-refractivity contribution < 1.29 is 4.42 Å². The lowest BCUT2D eigenvalue weighted by Crippen LogP contribution is -1.90. The van der Waals surface area contributed by atoms with Crippen LogP contribution in [-0.2, 0) is 0 Å². The van der Waals surface area contributed by atoms with E-state index in [4.69, 9.17) is 4.42 Å². The number of aromatic nitrogens is 1. The largest absolute Gasteiger partial charge is 0.444 e. The normalized spacial score (nSPS) is 10.5. The number of thioether (sulfide) groups is 1. The lowest BCUT2D eigenvalue weighted by Gasteiger charge is -2.07. The van der Waals surface area contributed by atoms with Crippen molar-refractivity contribution in [2.45, 2.75) is 32.9 Å². The molecule has 1 rings (SSSR count). The maximum atomic E-state index is 5.27. The van der Waals surface area contributed by atoms with Crippen LogP contribution in [0.2, 0.25) is 0 Å². The van der Waals surface area contributed by atoms with Crippen molar-refractivity contribution in [3.8, 4) is 0 Å². The van der Waals surface area contributed by atoms with Gasteiger partial charge in [-0.25, -0.2) is 4.98 Å². The summed E-state index contributed by atoms with van der Waals surface area (Å²) in [5, 5.41) is 0.553. The van der Waals surface area contributed by atoms with Gasteiger partial charge in [0.1, 0.15) is 6.26 Å². The molecule has 0 fully saturated rings. The molecule has 0 atom stereocenters. The molecule has 0 N–H and O–H groups in total. The van der Waals surface area contributed by atoms with Crippen LogP contribution in [0.3, 0.4) is 0 Å². The van der Waals surface area contributed by atoms with Gasteiger partial charge in [-0.05, 0) is 13.8 Å². The zero-order chi connectivity index (χ0) is 9.84. The van der Waals surface area contributed by atoms with Gasteiger partial charge in [0.15, 0.2) is 0 Å². The molecule has 1 heterocycles. The predicted molar refractivity (Wildman–Crippen MR) is 57.5 cm³/mol. The highest BCUT2D eigenvalue weighted by Gasteiger charge is 2.10. The van der Waals surface area contributed by atoms with E-state index in [0.717, 1.165) is 10.8 Å². The van der Waals surface area contributed by atoms with Gasteiger partial charge in [-0.15, -0.1) is 11.8 Å². The fourth-order valence-corrected chi connectivity index (χ4v) is 1.86.